The van der Waals surface area contributed by atoms with Crippen LogP contribution in [0.2, 0.25) is 0 Å². The van der Waals surface area contributed by atoms with Crippen LogP contribution in [0.15, 0.2) is 12.2 Å². The number of esters is 1. The number of ether oxygens (including phenoxy) is 2. The molecule has 0 aromatic carbocycles. The maximum absolute atomic E-state index is 13.7. The number of rotatable bonds is 3. The summed E-state index contributed by atoms with van der Waals surface area (Å²) >= 11 is 0. The number of aliphatic hydroxyl groups is 1. The van der Waals surface area contributed by atoms with Crippen molar-refractivity contribution in [2.24, 2.45) is 34.0 Å². The predicted molar refractivity (Wildman–Crippen MR) is 108 cm³/mol. The fourth-order valence-corrected chi connectivity index (χ4v) is 9.44. The summed E-state index contributed by atoms with van der Waals surface area (Å²) in [7, 11) is 0. The van der Waals surface area contributed by atoms with Crippen molar-refractivity contribution < 1.29 is 24.2 Å². The highest BCUT2D eigenvalue weighted by Crippen LogP contribution is 2.78. The summed E-state index contributed by atoms with van der Waals surface area (Å²) < 4.78 is 12.9. The molecule has 3 saturated heterocycles. The number of fused-ring (bicyclic) bond motifs is 2. The highest BCUT2D eigenvalue weighted by Gasteiger charge is 2.82. The number of carbonyl (C=O) groups is 2. The molecule has 2 spiro atoms. The summed E-state index contributed by atoms with van der Waals surface area (Å²) in [5, 5.41) is 9.76. The zero-order valence-electron chi connectivity index (χ0n) is 18.1. The molecule has 3 aliphatic heterocycles. The molecule has 6 nitrogen and oxygen atoms in total. The van der Waals surface area contributed by atoms with Gasteiger partial charge in [-0.05, 0) is 50.4 Å². The molecule has 8 rings (SSSR count). The van der Waals surface area contributed by atoms with Crippen LogP contribution in [0.3, 0.4) is 0 Å². The fraction of sp³-hybridized carbons (Fsp3) is 0.833. The molecule has 1 N–H and O–H groups in total. The Bertz CT molecular complexity index is 841. The van der Waals surface area contributed by atoms with Crippen LogP contribution in [-0.2, 0) is 19.1 Å². The highest BCUT2D eigenvalue weighted by molar-refractivity contribution is 5.85. The van der Waals surface area contributed by atoms with Crippen molar-refractivity contribution in [3.05, 3.63) is 12.2 Å². The third-order valence-corrected chi connectivity index (χ3v) is 10.1. The summed E-state index contributed by atoms with van der Waals surface area (Å²) in [6.07, 6.45) is 6.25. The molecule has 5 aliphatic carbocycles. The van der Waals surface area contributed by atoms with Gasteiger partial charge in [0.1, 0.15) is 18.4 Å². The molecule has 6 heteroatoms. The Balaban J connectivity index is 1.58. The lowest BCUT2D eigenvalue weighted by molar-refractivity contribution is -0.407. The number of allylic oxidation sites excluding steroid dienone is 1. The molecule has 5 saturated carbocycles. The molecule has 0 radical (unpaired) electrons. The van der Waals surface area contributed by atoms with Gasteiger partial charge in [0.15, 0.2) is 0 Å². The number of β-amino-alcohol motifs (C(OH)–C–C–N with tert-alkyl or cyclic N) is 1. The quantitative estimate of drug-likeness (QED) is 0.567. The van der Waals surface area contributed by atoms with Gasteiger partial charge in [0.2, 0.25) is 5.91 Å². The van der Waals surface area contributed by atoms with Gasteiger partial charge in [-0.2, -0.15) is 0 Å². The number of likely N-dealkylation sites (tertiary alicyclic amines) is 1. The first-order valence-electron chi connectivity index (χ1n) is 11.7. The van der Waals surface area contributed by atoms with Crippen LogP contribution in [0.1, 0.15) is 58.8 Å². The van der Waals surface area contributed by atoms with Crippen LogP contribution in [-0.4, -0.2) is 53.5 Å². The van der Waals surface area contributed by atoms with Crippen LogP contribution < -0.4 is 0 Å². The third-order valence-electron chi connectivity index (χ3n) is 10.1. The molecule has 30 heavy (non-hydrogen) atoms. The summed E-state index contributed by atoms with van der Waals surface area (Å²) in [6, 6.07) is 0. The SMILES string of the molecule is C=C1CC23CC[C@H]1C[C@H]2[C@@]12CCC[C@@]4(C)C(=O)N(CCO)[C@@H]1O[C@@H]3[C@@H](OC(C)=O)[C@@H]24. The van der Waals surface area contributed by atoms with Gasteiger partial charge < -0.3 is 19.5 Å². The molecule has 7 bridgehead atoms. The van der Waals surface area contributed by atoms with Gasteiger partial charge in [0.05, 0.1) is 12.0 Å². The van der Waals surface area contributed by atoms with E-state index in [2.05, 4.69) is 13.5 Å². The van der Waals surface area contributed by atoms with Crippen molar-refractivity contribution in [1.29, 1.82) is 0 Å². The molecule has 0 aromatic heterocycles. The number of amides is 1. The summed E-state index contributed by atoms with van der Waals surface area (Å²) in [5.41, 5.74) is 0.521. The number of carbonyl (C=O) groups excluding carboxylic acids is 2. The lowest BCUT2D eigenvalue weighted by Gasteiger charge is -2.79. The first kappa shape index (κ1) is 19.3. The average molecular weight is 416 g/mol. The molecule has 0 aromatic rings. The van der Waals surface area contributed by atoms with Crippen molar-refractivity contribution >= 4 is 11.9 Å². The Hall–Kier alpha value is -1.40. The van der Waals surface area contributed by atoms with Crippen LogP contribution in [0.25, 0.3) is 0 Å². The van der Waals surface area contributed by atoms with Crippen LogP contribution in [0, 0.1) is 34.0 Å². The first-order valence-corrected chi connectivity index (χ1v) is 11.7. The van der Waals surface area contributed by atoms with Gasteiger partial charge in [-0.15, -0.1) is 0 Å². The van der Waals surface area contributed by atoms with Gasteiger partial charge >= 0.3 is 5.97 Å². The summed E-state index contributed by atoms with van der Waals surface area (Å²) in [4.78, 5) is 27.8. The van der Waals surface area contributed by atoms with E-state index in [1.165, 1.54) is 12.5 Å². The molecule has 3 heterocycles. The minimum absolute atomic E-state index is 0.00270. The van der Waals surface area contributed by atoms with E-state index in [-0.39, 0.29) is 53.7 Å². The monoisotopic (exact) mass is 415 g/mol. The molecule has 164 valence electrons. The van der Waals surface area contributed by atoms with E-state index in [1.807, 2.05) is 4.90 Å². The lowest BCUT2D eigenvalue weighted by atomic mass is 9.32. The van der Waals surface area contributed by atoms with Crippen LogP contribution >= 0.6 is 0 Å². The van der Waals surface area contributed by atoms with Crippen molar-refractivity contribution in [2.75, 3.05) is 13.2 Å². The number of piperidine rings is 1. The second-order valence-electron chi connectivity index (χ2n) is 11.2. The molecule has 8 fully saturated rings. The minimum Gasteiger partial charge on any atom is -0.459 e. The Labute approximate surface area is 178 Å². The van der Waals surface area contributed by atoms with Gasteiger partial charge in [-0.3, -0.25) is 9.59 Å². The number of nitrogens with zero attached hydrogens (tertiary/aromatic N) is 1. The Kier molecular flexibility index (Phi) is 3.79. The second-order valence-corrected chi connectivity index (χ2v) is 11.2. The molecular formula is C24H33NO5. The van der Waals surface area contributed by atoms with E-state index < -0.39 is 5.41 Å². The maximum Gasteiger partial charge on any atom is 0.303 e. The summed E-state index contributed by atoms with van der Waals surface area (Å²) in [6.45, 7) is 8.23. The second kappa shape index (κ2) is 5.89. The smallest absolute Gasteiger partial charge is 0.303 e. The fourth-order valence-electron chi connectivity index (χ4n) is 9.44. The standard InChI is InChI=1S/C24H33NO5/c1-13-12-23-8-5-15(13)11-16(23)24-7-4-6-22(3)18(24)17(29-14(2)27)19(23)30-21(24)25(9-10-26)20(22)28/h15-19,21,26H,1,4-12H2,2-3H3/t15-,16+,17-,18+,19+,21+,22+,23?,24+/m0/s1. The molecule has 1 amide bonds. The Morgan fingerprint density at radius 3 is 2.87 bits per heavy atom. The number of hydrogen-bond donors (Lipinski definition) is 1. The Morgan fingerprint density at radius 2 is 2.17 bits per heavy atom. The lowest BCUT2D eigenvalue weighted by Crippen LogP contribution is -2.85. The first-order chi connectivity index (χ1) is 14.3. The van der Waals surface area contributed by atoms with E-state index in [0.717, 1.165) is 44.9 Å². The van der Waals surface area contributed by atoms with Crippen molar-refractivity contribution in [3.63, 3.8) is 0 Å². The predicted octanol–water partition coefficient (Wildman–Crippen LogP) is 2.65. The van der Waals surface area contributed by atoms with E-state index in [9.17, 15) is 14.7 Å². The normalized spacial score (nSPS) is 53.0. The Morgan fingerprint density at radius 1 is 1.37 bits per heavy atom. The average Bonchev–Trinajstić information content (AvgIpc) is 2.70. The number of hydrogen-bond acceptors (Lipinski definition) is 5. The van der Waals surface area contributed by atoms with Crippen molar-refractivity contribution in [1.82, 2.24) is 4.90 Å². The van der Waals surface area contributed by atoms with E-state index >= 15 is 0 Å². The molecule has 8 aliphatic rings. The topological polar surface area (TPSA) is 76.1 Å². The van der Waals surface area contributed by atoms with E-state index in [4.69, 9.17) is 9.47 Å². The molecular weight excluding hydrogens is 382 g/mol. The number of aliphatic hydroxyl groups excluding tert-OH is 1. The largest absolute Gasteiger partial charge is 0.459 e. The highest BCUT2D eigenvalue weighted by atomic mass is 16.6. The van der Waals surface area contributed by atoms with Crippen LogP contribution in [0.4, 0.5) is 0 Å². The van der Waals surface area contributed by atoms with Crippen molar-refractivity contribution in [3.8, 4) is 0 Å². The van der Waals surface area contributed by atoms with Gasteiger partial charge in [0, 0.05) is 30.2 Å². The maximum atomic E-state index is 13.7. The molecule has 1 unspecified atom stereocenters. The van der Waals surface area contributed by atoms with E-state index in [0.29, 0.717) is 18.4 Å². The van der Waals surface area contributed by atoms with Crippen LogP contribution in [0.5, 0.6) is 0 Å². The summed E-state index contributed by atoms with van der Waals surface area (Å²) in [5.74, 6) is 0.806. The van der Waals surface area contributed by atoms with Gasteiger partial charge in [0.25, 0.3) is 0 Å². The zero-order chi connectivity index (χ0) is 21.1. The third kappa shape index (κ3) is 1.95. The van der Waals surface area contributed by atoms with Crippen molar-refractivity contribution in [2.45, 2.75) is 77.2 Å². The van der Waals surface area contributed by atoms with E-state index in [1.54, 1.807) is 0 Å². The minimum atomic E-state index is -0.568. The molecule has 9 atom stereocenters. The van der Waals surface area contributed by atoms with Gasteiger partial charge in [-0.25, -0.2) is 0 Å². The zero-order valence-corrected chi connectivity index (χ0v) is 18.1. The van der Waals surface area contributed by atoms with Gasteiger partial charge in [-0.1, -0.05) is 25.5 Å².